The summed E-state index contributed by atoms with van der Waals surface area (Å²) in [5, 5.41) is 0. The Morgan fingerprint density at radius 2 is 2.00 bits per heavy atom. The van der Waals surface area contributed by atoms with E-state index in [1.54, 1.807) is 0 Å². The Kier molecular flexibility index (Phi) is 5.97. The van der Waals surface area contributed by atoms with E-state index in [0.29, 0.717) is 6.04 Å². The molecule has 0 aromatic carbocycles. The molecule has 3 atom stereocenters. The Morgan fingerprint density at radius 3 is 2.67 bits per heavy atom. The maximum Gasteiger partial charge on any atom is 0.0501 e. The van der Waals surface area contributed by atoms with Crippen LogP contribution in [0, 0.1) is 11.8 Å². The van der Waals surface area contributed by atoms with Gasteiger partial charge in [0.1, 0.15) is 0 Å². The summed E-state index contributed by atoms with van der Waals surface area (Å²) in [6, 6.07) is 0.647. The van der Waals surface area contributed by atoms with Crippen LogP contribution in [0.2, 0.25) is 0 Å². The highest BCUT2D eigenvalue weighted by molar-refractivity contribution is 5.57. The van der Waals surface area contributed by atoms with Crippen molar-refractivity contribution >= 4 is 6.21 Å². The quantitative estimate of drug-likeness (QED) is 0.573. The van der Waals surface area contributed by atoms with Gasteiger partial charge < -0.3 is 0 Å². The monoisotopic (exact) mass is 209 g/mol. The first-order valence-corrected chi connectivity index (χ1v) is 6.79. The van der Waals surface area contributed by atoms with Crippen LogP contribution >= 0.6 is 0 Å². The average Bonchev–Trinajstić information content (AvgIpc) is 2.57. The molecule has 0 radical (unpaired) electrons. The van der Waals surface area contributed by atoms with Gasteiger partial charge in [-0.25, -0.2) is 0 Å². The number of nitrogens with zero attached hydrogens (tertiary/aromatic N) is 1. The van der Waals surface area contributed by atoms with Crippen molar-refractivity contribution in [2.75, 3.05) is 0 Å². The predicted octanol–water partition coefficient (Wildman–Crippen LogP) is 4.46. The largest absolute Gasteiger partial charge is 0.294 e. The first-order chi connectivity index (χ1) is 7.27. The van der Waals surface area contributed by atoms with Crippen LogP contribution in [0.15, 0.2) is 4.99 Å². The molecule has 0 aromatic rings. The van der Waals surface area contributed by atoms with E-state index in [2.05, 4.69) is 27.0 Å². The van der Waals surface area contributed by atoms with Crippen LogP contribution in [0.3, 0.4) is 0 Å². The second-order valence-corrected chi connectivity index (χ2v) is 5.13. The van der Waals surface area contributed by atoms with Crippen LogP contribution in [0.5, 0.6) is 0 Å². The molecule has 0 N–H and O–H groups in total. The molecule has 1 nitrogen and oxygen atoms in total. The summed E-state index contributed by atoms with van der Waals surface area (Å²) < 4.78 is 0. The van der Waals surface area contributed by atoms with Crippen molar-refractivity contribution in [2.45, 2.75) is 71.8 Å². The SMILES string of the molecule is CCCC=NC1CC(C)C(CCCC)C1. The number of hydrogen-bond acceptors (Lipinski definition) is 1. The third kappa shape index (κ3) is 4.36. The molecule has 15 heavy (non-hydrogen) atoms. The smallest absolute Gasteiger partial charge is 0.0501 e. The van der Waals surface area contributed by atoms with Gasteiger partial charge in [0.25, 0.3) is 0 Å². The summed E-state index contributed by atoms with van der Waals surface area (Å²) in [4.78, 5) is 4.70. The van der Waals surface area contributed by atoms with E-state index in [1.165, 1.54) is 38.5 Å². The number of rotatable bonds is 6. The van der Waals surface area contributed by atoms with Gasteiger partial charge >= 0.3 is 0 Å². The van der Waals surface area contributed by atoms with Gasteiger partial charge in [-0.2, -0.15) is 0 Å². The van der Waals surface area contributed by atoms with E-state index >= 15 is 0 Å². The molecule has 3 unspecified atom stereocenters. The highest BCUT2D eigenvalue weighted by Gasteiger charge is 2.29. The molecule has 1 saturated carbocycles. The molecule has 0 amide bonds. The molecule has 1 fully saturated rings. The Bertz CT molecular complexity index is 186. The van der Waals surface area contributed by atoms with Gasteiger partial charge in [-0.15, -0.1) is 0 Å². The summed E-state index contributed by atoms with van der Waals surface area (Å²) in [5.41, 5.74) is 0. The molecular weight excluding hydrogens is 182 g/mol. The molecule has 0 saturated heterocycles. The van der Waals surface area contributed by atoms with E-state index < -0.39 is 0 Å². The van der Waals surface area contributed by atoms with Crippen molar-refractivity contribution in [3.8, 4) is 0 Å². The zero-order chi connectivity index (χ0) is 11.1. The van der Waals surface area contributed by atoms with Crippen molar-refractivity contribution in [2.24, 2.45) is 16.8 Å². The van der Waals surface area contributed by atoms with Crippen molar-refractivity contribution < 1.29 is 0 Å². The minimum atomic E-state index is 0.647. The van der Waals surface area contributed by atoms with E-state index in [-0.39, 0.29) is 0 Å². The van der Waals surface area contributed by atoms with E-state index in [4.69, 9.17) is 4.99 Å². The van der Waals surface area contributed by atoms with Crippen molar-refractivity contribution in [1.29, 1.82) is 0 Å². The third-order valence-electron chi connectivity index (χ3n) is 3.69. The standard InChI is InChI=1S/C14H27N/c1-4-6-8-13-11-14(10-12(13)3)15-9-7-5-2/h9,12-14H,4-8,10-11H2,1-3H3. The predicted molar refractivity (Wildman–Crippen MR) is 68.6 cm³/mol. The van der Waals surface area contributed by atoms with Gasteiger partial charge in [-0.3, -0.25) is 4.99 Å². The molecule has 0 aromatic heterocycles. The second kappa shape index (κ2) is 7.03. The molecule has 0 bridgehead atoms. The molecular formula is C14H27N. The van der Waals surface area contributed by atoms with Crippen molar-refractivity contribution in [1.82, 2.24) is 0 Å². The van der Waals surface area contributed by atoms with Gasteiger partial charge in [0, 0.05) is 0 Å². The van der Waals surface area contributed by atoms with Crippen molar-refractivity contribution in [3.63, 3.8) is 0 Å². The molecule has 88 valence electrons. The van der Waals surface area contributed by atoms with Crippen LogP contribution in [-0.4, -0.2) is 12.3 Å². The lowest BCUT2D eigenvalue weighted by Gasteiger charge is -2.13. The minimum Gasteiger partial charge on any atom is -0.294 e. The fraction of sp³-hybridized carbons (Fsp3) is 0.929. The van der Waals surface area contributed by atoms with Crippen LogP contribution in [0.1, 0.15) is 65.7 Å². The third-order valence-corrected chi connectivity index (χ3v) is 3.69. The Hall–Kier alpha value is -0.330. The van der Waals surface area contributed by atoms with Gasteiger partial charge in [-0.05, 0) is 37.3 Å². The normalized spacial score (nSPS) is 31.5. The molecule has 0 spiro atoms. The summed E-state index contributed by atoms with van der Waals surface area (Å²) in [6.45, 7) is 6.92. The lowest BCUT2D eigenvalue weighted by atomic mass is 9.93. The first-order valence-electron chi connectivity index (χ1n) is 6.79. The summed E-state index contributed by atoms with van der Waals surface area (Å²) in [5.74, 6) is 1.86. The zero-order valence-electron chi connectivity index (χ0n) is 10.7. The maximum atomic E-state index is 4.70. The fourth-order valence-corrected chi connectivity index (χ4v) is 2.64. The second-order valence-electron chi connectivity index (χ2n) is 5.13. The highest BCUT2D eigenvalue weighted by atomic mass is 14.8. The van der Waals surface area contributed by atoms with Gasteiger partial charge in [0.05, 0.1) is 6.04 Å². The maximum absolute atomic E-state index is 4.70. The van der Waals surface area contributed by atoms with Crippen LogP contribution < -0.4 is 0 Å². The topological polar surface area (TPSA) is 12.4 Å². The van der Waals surface area contributed by atoms with Crippen molar-refractivity contribution in [3.05, 3.63) is 0 Å². The summed E-state index contributed by atoms with van der Waals surface area (Å²) in [7, 11) is 0. The van der Waals surface area contributed by atoms with Gasteiger partial charge in [0.2, 0.25) is 0 Å². The molecule has 0 aliphatic heterocycles. The highest BCUT2D eigenvalue weighted by Crippen LogP contribution is 2.36. The van der Waals surface area contributed by atoms with Crippen LogP contribution in [-0.2, 0) is 0 Å². The first kappa shape index (κ1) is 12.7. The summed E-state index contributed by atoms with van der Waals surface area (Å²) in [6.07, 6.45) is 11.4. The lowest BCUT2D eigenvalue weighted by molar-refractivity contribution is 0.380. The molecule has 0 heterocycles. The zero-order valence-corrected chi connectivity index (χ0v) is 10.7. The Labute approximate surface area is 95.4 Å². The molecule has 1 heteroatoms. The Morgan fingerprint density at radius 1 is 1.20 bits per heavy atom. The summed E-state index contributed by atoms with van der Waals surface area (Å²) >= 11 is 0. The fourth-order valence-electron chi connectivity index (χ4n) is 2.64. The van der Waals surface area contributed by atoms with E-state index in [9.17, 15) is 0 Å². The van der Waals surface area contributed by atoms with E-state index in [1.807, 2.05) is 0 Å². The van der Waals surface area contributed by atoms with Crippen LogP contribution in [0.25, 0.3) is 0 Å². The lowest BCUT2D eigenvalue weighted by Crippen LogP contribution is -2.03. The van der Waals surface area contributed by atoms with Gasteiger partial charge in [0.15, 0.2) is 0 Å². The minimum absolute atomic E-state index is 0.647. The van der Waals surface area contributed by atoms with Gasteiger partial charge in [-0.1, -0.05) is 46.5 Å². The Balaban J connectivity index is 2.28. The molecule has 1 rings (SSSR count). The number of aliphatic imine (C=N–C) groups is 1. The molecule has 1 aliphatic carbocycles. The van der Waals surface area contributed by atoms with E-state index in [0.717, 1.165) is 18.3 Å². The number of unbranched alkanes of at least 4 members (excludes halogenated alkanes) is 2. The molecule has 1 aliphatic rings. The average molecular weight is 209 g/mol. The number of hydrogen-bond donors (Lipinski definition) is 0. The van der Waals surface area contributed by atoms with Crippen LogP contribution in [0.4, 0.5) is 0 Å².